The second kappa shape index (κ2) is 9.04. The third-order valence-corrected chi connectivity index (χ3v) is 6.06. The number of carbonyl (C=O) groups excluding carboxylic acids is 1. The van der Waals surface area contributed by atoms with Crippen LogP contribution in [-0.2, 0) is 16.8 Å². The molecule has 1 N–H and O–H groups in total. The molecule has 2 aromatic heterocycles. The van der Waals surface area contributed by atoms with E-state index in [4.69, 9.17) is 4.42 Å². The zero-order chi connectivity index (χ0) is 22.7. The van der Waals surface area contributed by atoms with Gasteiger partial charge in [-0.25, -0.2) is 4.98 Å². The molecule has 32 heavy (non-hydrogen) atoms. The van der Waals surface area contributed by atoms with Crippen molar-refractivity contribution >= 4 is 34.3 Å². The van der Waals surface area contributed by atoms with Crippen LogP contribution in [0, 0.1) is 0 Å². The van der Waals surface area contributed by atoms with Gasteiger partial charge in [0.25, 0.3) is 5.56 Å². The average Bonchev–Trinajstić information content (AvgIpc) is 3.27. The summed E-state index contributed by atoms with van der Waals surface area (Å²) < 4.78 is 6.97. The molecule has 0 bridgehead atoms. The normalized spacial score (nSPS) is 11.6. The van der Waals surface area contributed by atoms with E-state index in [1.807, 2.05) is 42.5 Å². The van der Waals surface area contributed by atoms with Crippen molar-refractivity contribution in [3.8, 4) is 0 Å². The molecule has 0 unspecified atom stereocenters. The number of amides is 1. The van der Waals surface area contributed by atoms with E-state index >= 15 is 0 Å². The van der Waals surface area contributed by atoms with Crippen LogP contribution in [0.4, 0.5) is 5.69 Å². The average molecular weight is 448 g/mol. The van der Waals surface area contributed by atoms with E-state index in [0.717, 1.165) is 5.69 Å². The van der Waals surface area contributed by atoms with E-state index < -0.39 is 0 Å². The topological polar surface area (TPSA) is 77.1 Å². The maximum absolute atomic E-state index is 13.1. The van der Waals surface area contributed by atoms with Crippen LogP contribution < -0.4 is 10.9 Å². The lowest BCUT2D eigenvalue weighted by Crippen LogP contribution is -2.24. The number of carbonyl (C=O) groups is 1. The Morgan fingerprint density at radius 3 is 2.50 bits per heavy atom. The quantitative estimate of drug-likeness (QED) is 0.330. The summed E-state index contributed by atoms with van der Waals surface area (Å²) in [5.74, 6) is 0.615. The third-order valence-electron chi connectivity index (χ3n) is 5.09. The summed E-state index contributed by atoms with van der Waals surface area (Å²) in [5.41, 5.74) is 2.44. The van der Waals surface area contributed by atoms with Gasteiger partial charge in [-0.2, -0.15) is 0 Å². The Morgan fingerprint density at radius 2 is 1.81 bits per heavy atom. The lowest BCUT2D eigenvalue weighted by Gasteiger charge is -2.19. The first-order valence-corrected chi connectivity index (χ1v) is 11.3. The summed E-state index contributed by atoms with van der Waals surface area (Å²) in [5, 5.41) is 3.92. The van der Waals surface area contributed by atoms with Gasteiger partial charge in [0.15, 0.2) is 5.16 Å². The number of hydrogen-bond donors (Lipinski definition) is 1. The number of nitrogens with zero attached hydrogens (tertiary/aromatic N) is 2. The molecule has 0 spiro atoms. The molecule has 6 nitrogen and oxygen atoms in total. The van der Waals surface area contributed by atoms with Crippen LogP contribution in [0.3, 0.4) is 0 Å². The third kappa shape index (κ3) is 4.94. The molecule has 0 fully saturated rings. The Hall–Kier alpha value is -3.32. The van der Waals surface area contributed by atoms with Gasteiger partial charge in [0.2, 0.25) is 5.91 Å². The molecule has 4 rings (SSSR count). The van der Waals surface area contributed by atoms with Gasteiger partial charge in [-0.15, -0.1) is 0 Å². The Balaban J connectivity index is 1.53. The number of aromatic nitrogens is 2. The van der Waals surface area contributed by atoms with Crippen LogP contribution in [0.1, 0.15) is 32.1 Å². The lowest BCUT2D eigenvalue weighted by atomic mass is 9.87. The summed E-state index contributed by atoms with van der Waals surface area (Å²) in [6, 6.07) is 18.7. The minimum Gasteiger partial charge on any atom is -0.467 e. The van der Waals surface area contributed by atoms with Crippen LogP contribution >= 0.6 is 11.8 Å². The number of benzene rings is 2. The largest absolute Gasteiger partial charge is 0.467 e. The van der Waals surface area contributed by atoms with Crippen molar-refractivity contribution in [2.75, 3.05) is 11.1 Å². The van der Waals surface area contributed by atoms with E-state index in [0.29, 0.717) is 21.8 Å². The van der Waals surface area contributed by atoms with Gasteiger partial charge < -0.3 is 9.73 Å². The van der Waals surface area contributed by atoms with Gasteiger partial charge in [-0.1, -0.05) is 56.8 Å². The highest BCUT2D eigenvalue weighted by Gasteiger charge is 2.16. The van der Waals surface area contributed by atoms with Gasteiger partial charge in [0.1, 0.15) is 5.76 Å². The fourth-order valence-corrected chi connectivity index (χ4v) is 4.13. The van der Waals surface area contributed by atoms with Crippen molar-refractivity contribution in [3.05, 3.63) is 88.6 Å². The highest BCUT2D eigenvalue weighted by Crippen LogP contribution is 2.24. The van der Waals surface area contributed by atoms with E-state index in [9.17, 15) is 9.59 Å². The molecule has 0 aliphatic heterocycles. The Bertz CT molecular complexity index is 1290. The highest BCUT2D eigenvalue weighted by molar-refractivity contribution is 7.99. The zero-order valence-electron chi connectivity index (χ0n) is 18.3. The lowest BCUT2D eigenvalue weighted by molar-refractivity contribution is -0.113. The number of hydrogen-bond acceptors (Lipinski definition) is 5. The number of thioether (sulfide) groups is 1. The standard InChI is InChI=1S/C25H25N3O3S/c1-25(2,3)17-10-12-18(13-11-17)26-22(29)16-32-24-27-21-9-5-4-8-20(21)23(30)28(24)15-19-7-6-14-31-19/h4-14H,15-16H2,1-3H3,(H,26,29). The van der Waals surface area contributed by atoms with Crippen LogP contribution in [-0.4, -0.2) is 21.2 Å². The minimum atomic E-state index is -0.162. The predicted octanol–water partition coefficient (Wildman–Crippen LogP) is 5.07. The predicted molar refractivity (Wildman–Crippen MR) is 128 cm³/mol. The van der Waals surface area contributed by atoms with Crippen LogP contribution in [0.15, 0.2) is 81.3 Å². The summed E-state index contributed by atoms with van der Waals surface area (Å²) in [6.07, 6.45) is 1.57. The van der Waals surface area contributed by atoms with Crippen LogP contribution in [0.5, 0.6) is 0 Å². The monoisotopic (exact) mass is 447 g/mol. The van der Waals surface area contributed by atoms with Crippen molar-refractivity contribution < 1.29 is 9.21 Å². The molecule has 0 atom stereocenters. The van der Waals surface area contributed by atoms with Gasteiger partial charge in [0, 0.05) is 5.69 Å². The maximum Gasteiger partial charge on any atom is 0.262 e. The first-order chi connectivity index (χ1) is 15.3. The smallest absolute Gasteiger partial charge is 0.262 e. The molecule has 7 heteroatoms. The molecule has 0 saturated heterocycles. The van der Waals surface area contributed by atoms with Crippen molar-refractivity contribution in [1.82, 2.24) is 9.55 Å². The highest BCUT2D eigenvalue weighted by atomic mass is 32.2. The van der Waals surface area contributed by atoms with Crippen LogP contribution in [0.2, 0.25) is 0 Å². The van der Waals surface area contributed by atoms with Crippen molar-refractivity contribution in [1.29, 1.82) is 0 Å². The number of para-hydroxylation sites is 1. The van der Waals surface area contributed by atoms with Crippen molar-refractivity contribution in [2.24, 2.45) is 0 Å². The Kier molecular flexibility index (Phi) is 6.19. The summed E-state index contributed by atoms with van der Waals surface area (Å²) in [7, 11) is 0. The summed E-state index contributed by atoms with van der Waals surface area (Å²) in [6.45, 7) is 6.70. The Labute approximate surface area is 190 Å². The SMILES string of the molecule is CC(C)(C)c1ccc(NC(=O)CSc2nc3ccccc3c(=O)n2Cc2ccco2)cc1. The van der Waals surface area contributed by atoms with Gasteiger partial charge >= 0.3 is 0 Å². The van der Waals surface area contributed by atoms with Crippen molar-refractivity contribution in [2.45, 2.75) is 37.9 Å². The summed E-state index contributed by atoms with van der Waals surface area (Å²) >= 11 is 1.23. The van der Waals surface area contributed by atoms with E-state index in [-0.39, 0.29) is 29.2 Å². The van der Waals surface area contributed by atoms with E-state index in [2.05, 4.69) is 31.1 Å². The van der Waals surface area contributed by atoms with Crippen LogP contribution in [0.25, 0.3) is 10.9 Å². The number of fused-ring (bicyclic) bond motifs is 1. The number of rotatable bonds is 6. The number of furan rings is 1. The number of anilines is 1. The van der Waals surface area contributed by atoms with Gasteiger partial charge in [-0.3, -0.25) is 14.2 Å². The molecule has 164 valence electrons. The molecule has 2 heterocycles. The van der Waals surface area contributed by atoms with Gasteiger partial charge in [-0.05, 0) is 47.4 Å². The molecule has 0 saturated carbocycles. The molecule has 0 aliphatic carbocycles. The molecule has 2 aromatic carbocycles. The molecular formula is C25H25N3O3S. The fourth-order valence-electron chi connectivity index (χ4n) is 3.34. The number of nitrogens with one attached hydrogen (secondary N) is 1. The first-order valence-electron chi connectivity index (χ1n) is 10.4. The fraction of sp³-hybridized carbons (Fsp3) is 0.240. The van der Waals surface area contributed by atoms with E-state index in [1.165, 1.54) is 17.3 Å². The molecular weight excluding hydrogens is 422 g/mol. The maximum atomic E-state index is 13.1. The molecule has 0 aliphatic rings. The Morgan fingerprint density at radius 1 is 1.06 bits per heavy atom. The van der Waals surface area contributed by atoms with Crippen molar-refractivity contribution in [3.63, 3.8) is 0 Å². The first kappa shape index (κ1) is 21.9. The molecule has 0 radical (unpaired) electrons. The van der Waals surface area contributed by atoms with Gasteiger partial charge in [0.05, 0.1) is 29.5 Å². The second-order valence-electron chi connectivity index (χ2n) is 8.55. The summed E-state index contributed by atoms with van der Waals surface area (Å²) in [4.78, 5) is 30.3. The zero-order valence-corrected chi connectivity index (χ0v) is 19.1. The molecule has 1 amide bonds. The molecule has 4 aromatic rings. The minimum absolute atomic E-state index is 0.0534. The van der Waals surface area contributed by atoms with E-state index in [1.54, 1.807) is 29.0 Å². The second-order valence-corrected chi connectivity index (χ2v) is 9.49.